The summed E-state index contributed by atoms with van der Waals surface area (Å²) in [5.41, 5.74) is 4.72. The normalized spacial score (nSPS) is 30.4. The minimum Gasteiger partial charge on any atom is -0.501 e. The standard InChI is InChI=1S/C29H40N2O2/c1-5-22(7-6-21(2)32-3)18-30-14-12-29-13-15-31(19-23-8-9-23)28(27(29)20-30)16-24-10-11-25(33-4)17-26(24)29/h5-7,10-11,17,23,27-28H,1,8-9,12-16,18-20H2,2-4H3/b21-6+,22-7+/t27-,28+,29-/m0/s1. The zero-order chi connectivity index (χ0) is 23.0. The van der Waals surface area contributed by atoms with E-state index in [1.54, 1.807) is 25.3 Å². The van der Waals surface area contributed by atoms with Crippen LogP contribution in [-0.4, -0.2) is 62.8 Å². The predicted molar refractivity (Wildman–Crippen MR) is 135 cm³/mol. The molecule has 33 heavy (non-hydrogen) atoms. The van der Waals surface area contributed by atoms with Gasteiger partial charge in [-0.05, 0) is 98.9 Å². The summed E-state index contributed by atoms with van der Waals surface area (Å²) >= 11 is 0. The zero-order valence-corrected chi connectivity index (χ0v) is 20.7. The molecular formula is C29H40N2O2. The molecule has 178 valence electrons. The first-order valence-electron chi connectivity index (χ1n) is 12.7. The molecule has 0 aromatic heterocycles. The van der Waals surface area contributed by atoms with Gasteiger partial charge in [0.05, 0.1) is 20.0 Å². The fourth-order valence-corrected chi connectivity index (χ4v) is 6.68. The van der Waals surface area contributed by atoms with Crippen molar-refractivity contribution in [1.82, 2.24) is 9.80 Å². The van der Waals surface area contributed by atoms with Crippen molar-refractivity contribution >= 4 is 0 Å². The van der Waals surface area contributed by atoms with Gasteiger partial charge in [0, 0.05) is 31.1 Å². The Balaban J connectivity index is 1.43. The van der Waals surface area contributed by atoms with Crippen LogP contribution in [0.3, 0.4) is 0 Å². The van der Waals surface area contributed by atoms with Gasteiger partial charge in [-0.25, -0.2) is 0 Å². The second-order valence-corrected chi connectivity index (χ2v) is 10.7. The maximum Gasteiger partial charge on any atom is 0.119 e. The second-order valence-electron chi connectivity index (χ2n) is 10.7. The van der Waals surface area contributed by atoms with Gasteiger partial charge >= 0.3 is 0 Å². The number of nitrogens with zero attached hydrogens (tertiary/aromatic N) is 2. The number of likely N-dealkylation sites (tertiary alicyclic amines) is 2. The molecular weight excluding hydrogens is 408 g/mol. The van der Waals surface area contributed by atoms with Crippen LogP contribution in [0, 0.1) is 11.8 Å². The van der Waals surface area contributed by atoms with Crippen molar-refractivity contribution in [3.63, 3.8) is 0 Å². The number of allylic oxidation sites excluding steroid dienone is 3. The molecule has 0 amide bonds. The minimum atomic E-state index is 0.300. The number of hydrogen-bond acceptors (Lipinski definition) is 4. The Morgan fingerprint density at radius 3 is 2.73 bits per heavy atom. The molecule has 0 N–H and O–H groups in total. The van der Waals surface area contributed by atoms with E-state index in [4.69, 9.17) is 9.47 Å². The third-order valence-electron chi connectivity index (χ3n) is 8.81. The van der Waals surface area contributed by atoms with Crippen molar-refractivity contribution in [2.24, 2.45) is 11.8 Å². The van der Waals surface area contributed by atoms with Crippen LogP contribution in [0.25, 0.3) is 0 Å². The predicted octanol–water partition coefficient (Wildman–Crippen LogP) is 4.96. The minimum absolute atomic E-state index is 0.300. The lowest BCUT2D eigenvalue weighted by molar-refractivity contribution is -0.0373. The molecule has 1 aromatic carbocycles. The van der Waals surface area contributed by atoms with Gasteiger partial charge in [-0.3, -0.25) is 9.80 Å². The number of fused-ring (bicyclic) bond motifs is 1. The molecule has 3 atom stereocenters. The van der Waals surface area contributed by atoms with E-state index in [0.717, 1.165) is 30.5 Å². The summed E-state index contributed by atoms with van der Waals surface area (Å²) in [5, 5.41) is 0. The van der Waals surface area contributed by atoms with Crippen LogP contribution in [0.4, 0.5) is 0 Å². The Bertz CT molecular complexity index is 947. The van der Waals surface area contributed by atoms with E-state index in [1.165, 1.54) is 57.3 Å². The van der Waals surface area contributed by atoms with E-state index in [-0.39, 0.29) is 0 Å². The molecule has 2 aliphatic heterocycles. The molecule has 2 saturated heterocycles. The Morgan fingerprint density at radius 2 is 2.00 bits per heavy atom. The Hall–Kier alpha value is -2.04. The van der Waals surface area contributed by atoms with Crippen LogP contribution in [0.1, 0.15) is 43.7 Å². The average Bonchev–Trinajstić information content (AvgIpc) is 3.67. The van der Waals surface area contributed by atoms with Crippen LogP contribution >= 0.6 is 0 Å². The van der Waals surface area contributed by atoms with Crippen molar-refractivity contribution in [2.45, 2.75) is 50.5 Å². The van der Waals surface area contributed by atoms with Crippen molar-refractivity contribution in [3.05, 3.63) is 65.5 Å². The Kier molecular flexibility index (Phi) is 6.41. The number of methoxy groups -OCH3 is 2. The van der Waals surface area contributed by atoms with Crippen molar-refractivity contribution in [3.8, 4) is 5.75 Å². The molecule has 4 aliphatic rings. The van der Waals surface area contributed by atoms with Gasteiger partial charge in [-0.2, -0.15) is 0 Å². The van der Waals surface area contributed by atoms with Gasteiger partial charge in [0.25, 0.3) is 0 Å². The van der Waals surface area contributed by atoms with Crippen molar-refractivity contribution in [1.29, 1.82) is 0 Å². The van der Waals surface area contributed by atoms with Crippen LogP contribution in [0.5, 0.6) is 5.75 Å². The number of rotatable bonds is 8. The van der Waals surface area contributed by atoms with E-state index in [2.05, 4.69) is 46.7 Å². The molecule has 1 saturated carbocycles. The SMILES string of the molecule is C=C/C(=C\C=C(/C)OC)CN1CC[C@]23CCN(CC4CC4)[C@H](Cc4ccc(OC)cc42)[C@@H]3C1. The number of hydrogen-bond donors (Lipinski definition) is 0. The fourth-order valence-electron chi connectivity index (χ4n) is 6.68. The first kappa shape index (κ1) is 22.7. The van der Waals surface area contributed by atoms with E-state index in [9.17, 15) is 0 Å². The third-order valence-corrected chi connectivity index (χ3v) is 8.81. The van der Waals surface area contributed by atoms with Gasteiger partial charge in [0.1, 0.15) is 5.75 Å². The maximum atomic E-state index is 5.67. The molecule has 0 unspecified atom stereocenters. The quantitative estimate of drug-likeness (QED) is 0.415. The van der Waals surface area contributed by atoms with Crippen molar-refractivity contribution in [2.75, 3.05) is 46.9 Å². The van der Waals surface area contributed by atoms with Crippen LogP contribution in [0.2, 0.25) is 0 Å². The van der Waals surface area contributed by atoms with Gasteiger partial charge < -0.3 is 9.47 Å². The van der Waals surface area contributed by atoms with Gasteiger partial charge in [0.15, 0.2) is 0 Å². The van der Waals surface area contributed by atoms with E-state index in [1.807, 2.05) is 13.0 Å². The van der Waals surface area contributed by atoms with E-state index in [0.29, 0.717) is 17.4 Å². The lowest BCUT2D eigenvalue weighted by Gasteiger charge is -2.60. The molecule has 0 radical (unpaired) electrons. The molecule has 0 spiro atoms. The highest BCUT2D eigenvalue weighted by Gasteiger charge is 2.55. The van der Waals surface area contributed by atoms with E-state index < -0.39 is 0 Å². The summed E-state index contributed by atoms with van der Waals surface area (Å²) in [6.45, 7) is 11.9. The summed E-state index contributed by atoms with van der Waals surface area (Å²) in [6.07, 6.45) is 12.8. The molecule has 1 aromatic rings. The lowest BCUT2D eigenvalue weighted by Crippen LogP contribution is -2.65. The molecule has 2 heterocycles. The van der Waals surface area contributed by atoms with Gasteiger partial charge in [0.2, 0.25) is 0 Å². The lowest BCUT2D eigenvalue weighted by atomic mass is 9.54. The molecule has 5 rings (SSSR count). The van der Waals surface area contributed by atoms with Crippen molar-refractivity contribution < 1.29 is 9.47 Å². The Morgan fingerprint density at radius 1 is 1.18 bits per heavy atom. The highest BCUT2D eigenvalue weighted by molar-refractivity contribution is 5.46. The molecule has 2 aliphatic carbocycles. The molecule has 4 heteroatoms. The monoisotopic (exact) mass is 448 g/mol. The topological polar surface area (TPSA) is 24.9 Å². The third kappa shape index (κ3) is 4.40. The summed E-state index contributed by atoms with van der Waals surface area (Å²) in [5.74, 6) is 3.57. The summed E-state index contributed by atoms with van der Waals surface area (Å²) in [4.78, 5) is 5.54. The summed E-state index contributed by atoms with van der Waals surface area (Å²) in [6, 6.07) is 7.56. The first-order chi connectivity index (χ1) is 16.1. The van der Waals surface area contributed by atoms with Crippen LogP contribution < -0.4 is 4.74 Å². The van der Waals surface area contributed by atoms with E-state index >= 15 is 0 Å². The smallest absolute Gasteiger partial charge is 0.119 e. The fraction of sp³-hybridized carbons (Fsp3) is 0.586. The molecule has 4 nitrogen and oxygen atoms in total. The molecule has 2 bridgehead atoms. The van der Waals surface area contributed by atoms with Gasteiger partial charge in [-0.15, -0.1) is 0 Å². The second kappa shape index (κ2) is 9.31. The highest BCUT2D eigenvalue weighted by atomic mass is 16.5. The highest BCUT2D eigenvalue weighted by Crippen LogP contribution is 2.54. The first-order valence-corrected chi connectivity index (χ1v) is 12.7. The number of benzene rings is 1. The number of piperidine rings is 2. The summed E-state index contributed by atoms with van der Waals surface area (Å²) < 4.78 is 11.0. The maximum absolute atomic E-state index is 5.67. The molecule has 3 fully saturated rings. The Labute approximate surface area is 199 Å². The van der Waals surface area contributed by atoms with Crippen LogP contribution in [0.15, 0.2) is 54.3 Å². The van der Waals surface area contributed by atoms with Gasteiger partial charge in [-0.1, -0.05) is 24.8 Å². The number of ether oxygens (including phenoxy) is 2. The summed E-state index contributed by atoms with van der Waals surface area (Å²) in [7, 11) is 3.52. The van der Waals surface area contributed by atoms with Crippen LogP contribution in [-0.2, 0) is 16.6 Å². The largest absolute Gasteiger partial charge is 0.501 e. The zero-order valence-electron chi connectivity index (χ0n) is 20.7. The average molecular weight is 449 g/mol.